The minimum absolute atomic E-state index is 0.408. The van der Waals surface area contributed by atoms with Gasteiger partial charge >= 0.3 is 5.97 Å². The van der Waals surface area contributed by atoms with Crippen LogP contribution in [0.15, 0.2) is 91.0 Å². The van der Waals surface area contributed by atoms with E-state index in [9.17, 15) is 10.2 Å². The van der Waals surface area contributed by atoms with E-state index in [1.54, 1.807) is 0 Å². The number of hydrogen-bond acceptors (Lipinski definition) is 6. The van der Waals surface area contributed by atoms with Gasteiger partial charge in [-0.3, -0.25) is 0 Å². The summed E-state index contributed by atoms with van der Waals surface area (Å²) in [6.45, 7) is -1.19. The highest BCUT2D eigenvalue weighted by Crippen LogP contribution is 2.49. The van der Waals surface area contributed by atoms with Crippen LogP contribution in [-0.4, -0.2) is 65.7 Å². The first kappa shape index (κ1) is 26.2. The average Bonchev–Trinajstić information content (AvgIpc) is 2.87. The molecular formula is C26H30O7. The molecule has 0 fully saturated rings. The second kappa shape index (κ2) is 12.2. The Kier molecular flexibility index (Phi) is 9.72. The largest absolute Gasteiger partial charge is 0.480 e. The molecule has 4 N–H and O–H groups in total. The van der Waals surface area contributed by atoms with E-state index in [1.165, 1.54) is 14.2 Å². The summed E-state index contributed by atoms with van der Waals surface area (Å²) in [5.41, 5.74) is 1.33. The molecular weight excluding hydrogens is 424 g/mol. The van der Waals surface area contributed by atoms with E-state index in [-0.39, 0.29) is 0 Å². The molecule has 3 rings (SSSR count). The van der Waals surface area contributed by atoms with Crippen LogP contribution in [0, 0.1) is 0 Å². The van der Waals surface area contributed by atoms with Gasteiger partial charge in [0.2, 0.25) is 5.79 Å². The summed E-state index contributed by atoms with van der Waals surface area (Å²) in [4.78, 5) is 9.12. The highest BCUT2D eigenvalue weighted by atomic mass is 16.6. The lowest BCUT2D eigenvalue weighted by atomic mass is 9.62. The molecule has 0 bridgehead atoms. The van der Waals surface area contributed by atoms with E-state index in [0.29, 0.717) is 0 Å². The SMILES string of the molecule is COC(CO)C(O)(OC)C(c1ccccc1)(c1ccccc1)c1ccccc1.O=C(O)CO. The van der Waals surface area contributed by atoms with Crippen LogP contribution >= 0.6 is 0 Å². The summed E-state index contributed by atoms with van der Waals surface area (Å²) >= 11 is 0. The topological polar surface area (TPSA) is 116 Å². The maximum Gasteiger partial charge on any atom is 0.329 e. The van der Waals surface area contributed by atoms with Crippen LogP contribution in [0.5, 0.6) is 0 Å². The Balaban J connectivity index is 0.000000696. The van der Waals surface area contributed by atoms with Crippen LogP contribution in [0.2, 0.25) is 0 Å². The van der Waals surface area contributed by atoms with Crippen LogP contribution < -0.4 is 0 Å². The molecule has 0 aliphatic heterocycles. The van der Waals surface area contributed by atoms with Gasteiger partial charge in [-0.15, -0.1) is 0 Å². The Morgan fingerprint density at radius 1 is 0.788 bits per heavy atom. The van der Waals surface area contributed by atoms with Crippen molar-refractivity contribution in [3.8, 4) is 0 Å². The van der Waals surface area contributed by atoms with E-state index in [2.05, 4.69) is 0 Å². The molecule has 0 radical (unpaired) electrons. The number of aliphatic hydroxyl groups is 3. The minimum atomic E-state index is -1.89. The summed E-state index contributed by atoms with van der Waals surface area (Å²) in [6.07, 6.45) is -0.988. The molecule has 0 aliphatic rings. The van der Waals surface area contributed by atoms with E-state index >= 15 is 0 Å². The van der Waals surface area contributed by atoms with Crippen LogP contribution in [0.4, 0.5) is 0 Å². The number of carbonyl (C=O) groups is 1. The number of carboxylic acids is 1. The van der Waals surface area contributed by atoms with Gasteiger partial charge in [0, 0.05) is 14.2 Å². The normalized spacial score (nSPS) is 13.8. The minimum Gasteiger partial charge on any atom is -0.480 e. The molecule has 3 aromatic carbocycles. The van der Waals surface area contributed by atoms with Gasteiger partial charge in [-0.2, -0.15) is 0 Å². The molecule has 0 aromatic heterocycles. The molecule has 7 nitrogen and oxygen atoms in total. The van der Waals surface area contributed by atoms with E-state index in [1.807, 2.05) is 91.0 Å². The Bertz CT molecular complexity index is 863. The van der Waals surface area contributed by atoms with E-state index in [0.717, 1.165) is 16.7 Å². The van der Waals surface area contributed by atoms with Crippen molar-refractivity contribution in [1.82, 2.24) is 0 Å². The molecule has 2 atom stereocenters. The molecule has 33 heavy (non-hydrogen) atoms. The summed E-state index contributed by atoms with van der Waals surface area (Å²) in [5.74, 6) is -3.08. The average molecular weight is 455 g/mol. The predicted octanol–water partition coefficient (Wildman–Crippen LogP) is 2.43. The number of carboxylic acid groups (broad SMARTS) is 1. The third-order valence-electron chi connectivity index (χ3n) is 5.49. The first-order chi connectivity index (χ1) is 15.9. The van der Waals surface area contributed by atoms with Crippen molar-refractivity contribution in [2.75, 3.05) is 27.4 Å². The molecule has 0 saturated carbocycles. The third-order valence-corrected chi connectivity index (χ3v) is 5.49. The molecule has 0 heterocycles. The van der Waals surface area contributed by atoms with Crippen LogP contribution in [0.3, 0.4) is 0 Å². The number of benzene rings is 3. The van der Waals surface area contributed by atoms with Crippen molar-refractivity contribution < 1.29 is 34.7 Å². The summed E-state index contributed by atoms with van der Waals surface area (Å²) in [7, 11) is 2.89. The van der Waals surface area contributed by atoms with Gasteiger partial charge in [0.25, 0.3) is 0 Å². The lowest BCUT2D eigenvalue weighted by molar-refractivity contribution is -0.279. The first-order valence-corrected chi connectivity index (χ1v) is 10.3. The van der Waals surface area contributed by atoms with Crippen LogP contribution in [0.1, 0.15) is 16.7 Å². The van der Waals surface area contributed by atoms with Crippen molar-refractivity contribution in [1.29, 1.82) is 0 Å². The Labute approximate surface area is 193 Å². The number of aliphatic carboxylic acids is 1. The van der Waals surface area contributed by atoms with Crippen molar-refractivity contribution in [3.05, 3.63) is 108 Å². The maximum atomic E-state index is 12.0. The maximum absolute atomic E-state index is 12.0. The zero-order valence-electron chi connectivity index (χ0n) is 18.7. The predicted molar refractivity (Wildman–Crippen MR) is 124 cm³/mol. The van der Waals surface area contributed by atoms with Gasteiger partial charge < -0.3 is 29.9 Å². The van der Waals surface area contributed by atoms with Crippen molar-refractivity contribution >= 4 is 5.97 Å². The number of aliphatic hydroxyl groups excluding tert-OH is 2. The fourth-order valence-corrected chi connectivity index (χ4v) is 4.07. The highest BCUT2D eigenvalue weighted by Gasteiger charge is 2.59. The smallest absolute Gasteiger partial charge is 0.329 e. The zero-order chi connectivity index (χ0) is 24.3. The number of rotatable bonds is 9. The summed E-state index contributed by atoms with van der Waals surface area (Å²) < 4.78 is 11.3. The number of hydrogen-bond donors (Lipinski definition) is 4. The van der Waals surface area contributed by atoms with Gasteiger partial charge in [0.05, 0.1) is 6.61 Å². The lowest BCUT2D eigenvalue weighted by Gasteiger charge is -2.50. The van der Waals surface area contributed by atoms with Gasteiger partial charge in [0.1, 0.15) is 18.1 Å². The molecule has 0 saturated heterocycles. The van der Waals surface area contributed by atoms with Crippen LogP contribution in [-0.2, 0) is 19.7 Å². The monoisotopic (exact) mass is 454 g/mol. The van der Waals surface area contributed by atoms with Gasteiger partial charge in [-0.1, -0.05) is 91.0 Å². The zero-order valence-corrected chi connectivity index (χ0v) is 18.7. The summed E-state index contributed by atoms with van der Waals surface area (Å²) in [6, 6.07) is 29.0. The van der Waals surface area contributed by atoms with Gasteiger partial charge in [-0.25, -0.2) is 4.79 Å². The van der Waals surface area contributed by atoms with E-state index < -0.39 is 36.5 Å². The molecule has 0 amide bonds. The molecule has 0 spiro atoms. The Morgan fingerprint density at radius 3 is 1.33 bits per heavy atom. The van der Waals surface area contributed by atoms with Crippen molar-refractivity contribution in [3.63, 3.8) is 0 Å². The summed E-state index contributed by atoms with van der Waals surface area (Å²) in [5, 5.41) is 37.1. The van der Waals surface area contributed by atoms with Crippen molar-refractivity contribution in [2.24, 2.45) is 0 Å². The van der Waals surface area contributed by atoms with Gasteiger partial charge in [0.15, 0.2) is 0 Å². The second-order valence-electron chi connectivity index (χ2n) is 7.21. The fourth-order valence-electron chi connectivity index (χ4n) is 4.07. The van der Waals surface area contributed by atoms with Gasteiger partial charge in [-0.05, 0) is 16.7 Å². The Hall–Kier alpha value is -3.07. The Morgan fingerprint density at radius 2 is 1.12 bits per heavy atom. The first-order valence-electron chi connectivity index (χ1n) is 10.3. The third kappa shape index (κ3) is 5.30. The van der Waals surface area contributed by atoms with Crippen molar-refractivity contribution in [2.45, 2.75) is 17.3 Å². The lowest BCUT2D eigenvalue weighted by Crippen LogP contribution is -2.63. The second-order valence-corrected chi connectivity index (χ2v) is 7.21. The number of ether oxygens (including phenoxy) is 2. The molecule has 7 heteroatoms. The van der Waals surface area contributed by atoms with Crippen LogP contribution in [0.25, 0.3) is 0 Å². The molecule has 176 valence electrons. The molecule has 2 unspecified atom stereocenters. The molecule has 3 aromatic rings. The quantitative estimate of drug-likeness (QED) is 0.290. The fraction of sp³-hybridized carbons (Fsp3) is 0.269. The standard InChI is InChI=1S/C24H26O4.C2H4O3/c1-27-22(18-25)24(26,28-2)23(19-12-6-3-7-13-19,20-14-8-4-9-15-20)21-16-10-5-11-17-21;3-1-2(4)5/h3-17,22,25-26H,18H2,1-2H3;3H,1H2,(H,4,5). The molecule has 0 aliphatic carbocycles. The van der Waals surface area contributed by atoms with E-state index in [4.69, 9.17) is 24.5 Å². The highest BCUT2D eigenvalue weighted by molar-refractivity contribution is 5.67. The number of methoxy groups -OCH3 is 2.